The van der Waals surface area contributed by atoms with E-state index < -0.39 is 0 Å². The molecule has 0 aliphatic rings. The molecule has 0 nitrogen and oxygen atoms in total. The third-order valence-electron chi connectivity index (χ3n) is 0.313. The largest absolute Gasteiger partial charge is 0.126 e. The summed E-state index contributed by atoms with van der Waals surface area (Å²) in [6.07, 6.45) is 2.72. The van der Waals surface area contributed by atoms with Crippen molar-refractivity contribution in [2.45, 2.75) is 6.42 Å². The summed E-state index contributed by atoms with van der Waals surface area (Å²) in [6.45, 7) is 3.47. The van der Waals surface area contributed by atoms with Crippen LogP contribution in [0.5, 0.6) is 0 Å². The van der Waals surface area contributed by atoms with Gasteiger partial charge < -0.3 is 0 Å². The second-order valence-electron chi connectivity index (χ2n) is 0.766. The SMILES string of the molecule is C=CCCCl. The molecule has 0 saturated carbocycles. The van der Waals surface area contributed by atoms with Crippen molar-refractivity contribution < 1.29 is 0 Å². The molecule has 0 unspecified atom stereocenters. The van der Waals surface area contributed by atoms with Crippen molar-refractivity contribution in [2.24, 2.45) is 0 Å². The number of hydrogen-bond donors (Lipinski definition) is 0. The number of alkyl halides is 1. The highest BCUT2D eigenvalue weighted by atomic mass is 35.5. The molecule has 0 fully saturated rings. The van der Waals surface area contributed by atoms with Crippen LogP contribution in [0.3, 0.4) is 0 Å². The standard InChI is InChI=1S/C4H7Cl/c1-2-3-4-5/h2H,1,3-4H2. The molecule has 5 heavy (non-hydrogen) atoms. The quantitative estimate of drug-likeness (QED) is 0.358. The van der Waals surface area contributed by atoms with Gasteiger partial charge in [0.15, 0.2) is 0 Å². The molecular weight excluding hydrogens is 83.5 g/mol. The molecule has 0 rings (SSSR count). The summed E-state index contributed by atoms with van der Waals surface area (Å²) in [5.74, 6) is 0.698. The van der Waals surface area contributed by atoms with Crippen LogP contribution in [0.4, 0.5) is 0 Å². The first kappa shape index (κ1) is 5.03. The Hall–Kier alpha value is 0.0300. The van der Waals surface area contributed by atoms with Crippen LogP contribution in [0.25, 0.3) is 0 Å². The number of hydrogen-bond acceptors (Lipinski definition) is 0. The molecule has 0 heterocycles. The highest BCUT2D eigenvalue weighted by molar-refractivity contribution is 6.17. The van der Waals surface area contributed by atoms with E-state index in [1.54, 1.807) is 6.08 Å². The second-order valence-corrected chi connectivity index (χ2v) is 1.14. The van der Waals surface area contributed by atoms with Gasteiger partial charge >= 0.3 is 0 Å². The molecule has 0 amide bonds. The Balaban J connectivity index is 2.40. The van der Waals surface area contributed by atoms with Crippen LogP contribution < -0.4 is 0 Å². The highest BCUT2D eigenvalue weighted by Gasteiger charge is 1.64. The molecule has 0 spiro atoms. The fraction of sp³-hybridized carbons (Fsp3) is 0.500. The zero-order valence-corrected chi connectivity index (χ0v) is 3.83. The summed E-state index contributed by atoms with van der Waals surface area (Å²) in [6, 6.07) is 0. The van der Waals surface area contributed by atoms with Crippen molar-refractivity contribution in [2.75, 3.05) is 5.88 Å². The molecule has 0 bridgehead atoms. The second kappa shape index (κ2) is 4.03. The van der Waals surface area contributed by atoms with Crippen molar-refractivity contribution in [3.8, 4) is 0 Å². The van der Waals surface area contributed by atoms with E-state index in [0.717, 1.165) is 6.42 Å². The molecule has 0 N–H and O–H groups in total. The van der Waals surface area contributed by atoms with Gasteiger partial charge in [0.1, 0.15) is 0 Å². The first-order valence-corrected chi connectivity index (χ1v) is 2.12. The number of rotatable bonds is 2. The summed E-state index contributed by atoms with van der Waals surface area (Å²) in [4.78, 5) is 0. The van der Waals surface area contributed by atoms with Gasteiger partial charge in [-0.1, -0.05) is 6.08 Å². The van der Waals surface area contributed by atoms with Crippen LogP contribution in [-0.4, -0.2) is 5.88 Å². The zero-order chi connectivity index (χ0) is 4.12. The normalized spacial score (nSPS) is 7.40. The van der Waals surface area contributed by atoms with Crippen LogP contribution in [0.1, 0.15) is 6.42 Å². The Labute approximate surface area is 37.4 Å². The van der Waals surface area contributed by atoms with E-state index in [0.29, 0.717) is 5.88 Å². The fourth-order valence-corrected chi connectivity index (χ4v) is 0.231. The summed E-state index contributed by atoms with van der Waals surface area (Å²) in [5.41, 5.74) is 0. The Bertz CT molecular complexity index is 24.8. The monoisotopic (exact) mass is 90.0 g/mol. The maximum atomic E-state index is 5.23. The van der Waals surface area contributed by atoms with Crippen LogP contribution in [-0.2, 0) is 0 Å². The van der Waals surface area contributed by atoms with E-state index >= 15 is 0 Å². The number of allylic oxidation sites excluding steroid dienone is 1. The number of halogens is 1. The average molecular weight is 90.6 g/mol. The van der Waals surface area contributed by atoms with E-state index in [1.165, 1.54) is 0 Å². The lowest BCUT2D eigenvalue weighted by Crippen LogP contribution is -1.59. The summed E-state index contributed by atoms with van der Waals surface area (Å²) >= 11 is 5.23. The smallest absolute Gasteiger partial charge is 0.0257 e. The third-order valence-corrected chi connectivity index (χ3v) is 0.531. The minimum absolute atomic E-state index is 0.698. The van der Waals surface area contributed by atoms with Crippen LogP contribution in [0.2, 0.25) is 0 Å². The average Bonchev–Trinajstić information content (AvgIpc) is 1.41. The summed E-state index contributed by atoms with van der Waals surface area (Å²) in [5, 5.41) is 0. The predicted molar refractivity (Wildman–Crippen MR) is 25.5 cm³/mol. The van der Waals surface area contributed by atoms with Gasteiger partial charge in [-0.2, -0.15) is 0 Å². The Kier molecular flexibility index (Phi) is 4.05. The molecule has 0 aromatic carbocycles. The van der Waals surface area contributed by atoms with Gasteiger partial charge in [0, 0.05) is 5.88 Å². The van der Waals surface area contributed by atoms with E-state index in [-0.39, 0.29) is 0 Å². The van der Waals surface area contributed by atoms with Crippen molar-refractivity contribution >= 4 is 11.6 Å². The Morgan fingerprint density at radius 3 is 2.40 bits per heavy atom. The fourth-order valence-electron chi connectivity index (χ4n) is 0.0772. The Morgan fingerprint density at radius 2 is 2.40 bits per heavy atom. The van der Waals surface area contributed by atoms with Gasteiger partial charge in [-0.25, -0.2) is 0 Å². The molecule has 1 heteroatoms. The lowest BCUT2D eigenvalue weighted by molar-refractivity contribution is 1.24. The van der Waals surface area contributed by atoms with Gasteiger partial charge in [0.05, 0.1) is 0 Å². The molecule has 0 radical (unpaired) electrons. The highest BCUT2D eigenvalue weighted by Crippen LogP contribution is 1.80. The molecule has 0 atom stereocenters. The lowest BCUT2D eigenvalue weighted by Gasteiger charge is -1.70. The summed E-state index contributed by atoms with van der Waals surface area (Å²) in [7, 11) is 0. The van der Waals surface area contributed by atoms with E-state index in [4.69, 9.17) is 11.6 Å². The van der Waals surface area contributed by atoms with Crippen molar-refractivity contribution in [3.05, 3.63) is 12.7 Å². The predicted octanol–water partition coefficient (Wildman–Crippen LogP) is 1.80. The third kappa shape index (κ3) is 4.03. The van der Waals surface area contributed by atoms with Crippen LogP contribution in [0, 0.1) is 0 Å². The minimum Gasteiger partial charge on any atom is -0.126 e. The first-order chi connectivity index (χ1) is 2.41. The van der Waals surface area contributed by atoms with Crippen molar-refractivity contribution in [3.63, 3.8) is 0 Å². The molecule has 30 valence electrons. The minimum atomic E-state index is 0.698. The van der Waals surface area contributed by atoms with E-state index in [2.05, 4.69) is 6.58 Å². The maximum absolute atomic E-state index is 5.23. The van der Waals surface area contributed by atoms with Gasteiger partial charge in [-0.15, -0.1) is 18.2 Å². The first-order valence-electron chi connectivity index (χ1n) is 1.58. The van der Waals surface area contributed by atoms with E-state index in [1.807, 2.05) is 0 Å². The molecular formula is C4H7Cl. The van der Waals surface area contributed by atoms with Gasteiger partial charge in [0.2, 0.25) is 0 Å². The van der Waals surface area contributed by atoms with Crippen molar-refractivity contribution in [1.82, 2.24) is 0 Å². The molecule has 0 aromatic rings. The zero-order valence-electron chi connectivity index (χ0n) is 3.08. The molecule has 0 aliphatic carbocycles. The van der Waals surface area contributed by atoms with Crippen LogP contribution in [0.15, 0.2) is 12.7 Å². The molecule has 0 saturated heterocycles. The van der Waals surface area contributed by atoms with Crippen molar-refractivity contribution in [1.29, 1.82) is 0 Å². The molecule has 0 aromatic heterocycles. The molecule has 0 aliphatic heterocycles. The van der Waals surface area contributed by atoms with E-state index in [9.17, 15) is 0 Å². The summed E-state index contributed by atoms with van der Waals surface area (Å²) < 4.78 is 0. The van der Waals surface area contributed by atoms with Gasteiger partial charge in [-0.3, -0.25) is 0 Å². The lowest BCUT2D eigenvalue weighted by atomic mass is 10.5. The van der Waals surface area contributed by atoms with Gasteiger partial charge in [0.25, 0.3) is 0 Å². The van der Waals surface area contributed by atoms with Gasteiger partial charge in [-0.05, 0) is 6.42 Å². The maximum Gasteiger partial charge on any atom is 0.0257 e. The Morgan fingerprint density at radius 1 is 1.80 bits per heavy atom. The van der Waals surface area contributed by atoms with Crippen LogP contribution >= 0.6 is 11.6 Å². The topological polar surface area (TPSA) is 0 Å².